The highest BCUT2D eigenvalue weighted by molar-refractivity contribution is 4.88. The normalized spacial score (nSPS) is 55.4. The van der Waals surface area contributed by atoms with Crippen LogP contribution >= 0.6 is 0 Å². The van der Waals surface area contributed by atoms with Crippen molar-refractivity contribution in [3.63, 3.8) is 0 Å². The molecule has 0 aromatic heterocycles. The molecule has 10 atom stereocenters. The van der Waals surface area contributed by atoms with E-state index in [0.29, 0.717) is 17.8 Å². The van der Waals surface area contributed by atoms with Crippen LogP contribution < -0.4 is 0 Å². The highest BCUT2D eigenvalue weighted by Gasteiger charge is 2.44. The molecule has 0 saturated carbocycles. The second-order valence-electron chi connectivity index (χ2n) is 7.28. The first-order chi connectivity index (χ1) is 9.73. The van der Waals surface area contributed by atoms with Crippen LogP contribution in [0.3, 0.4) is 0 Å². The van der Waals surface area contributed by atoms with Gasteiger partial charge >= 0.3 is 0 Å². The van der Waals surface area contributed by atoms with E-state index in [0.717, 1.165) is 0 Å². The maximum absolute atomic E-state index is 10.5. The Labute approximate surface area is 129 Å². The topological polar surface area (TPSA) is 47.9 Å². The Bertz CT molecular complexity index is 348. The first-order valence-corrected chi connectivity index (χ1v) is 8.38. The lowest BCUT2D eigenvalue weighted by Gasteiger charge is -2.47. The third-order valence-electron chi connectivity index (χ3n) is 6.01. The van der Waals surface area contributed by atoms with Gasteiger partial charge in [-0.3, -0.25) is 0 Å². The molecule has 0 radical (unpaired) electrons. The minimum absolute atomic E-state index is 0.0203. The van der Waals surface area contributed by atoms with Crippen LogP contribution in [-0.2, 0) is 14.2 Å². The minimum Gasteiger partial charge on any atom is -0.388 e. The van der Waals surface area contributed by atoms with E-state index >= 15 is 0 Å². The largest absolute Gasteiger partial charge is 0.388 e. The Morgan fingerprint density at radius 1 is 0.667 bits per heavy atom. The van der Waals surface area contributed by atoms with E-state index in [-0.39, 0.29) is 30.3 Å². The maximum Gasteiger partial charge on any atom is 0.184 e. The van der Waals surface area contributed by atoms with E-state index in [1.54, 1.807) is 0 Å². The van der Waals surface area contributed by atoms with Crippen LogP contribution in [0.1, 0.15) is 48.5 Å². The fourth-order valence-corrected chi connectivity index (χ4v) is 3.60. The van der Waals surface area contributed by atoms with Gasteiger partial charge in [-0.05, 0) is 44.4 Å². The number of hydrogen-bond donors (Lipinski definition) is 1. The summed E-state index contributed by atoms with van der Waals surface area (Å²) in [5.74, 6) is 1.31. The van der Waals surface area contributed by atoms with Crippen molar-refractivity contribution in [2.75, 3.05) is 0 Å². The molecule has 0 aliphatic carbocycles. The summed E-state index contributed by atoms with van der Waals surface area (Å²) in [6.45, 7) is 14.8. The molecule has 0 spiro atoms. The Morgan fingerprint density at radius 3 is 1.81 bits per heavy atom. The number of aliphatic hydroxyl groups excluding tert-OH is 1. The van der Waals surface area contributed by atoms with Gasteiger partial charge in [-0.15, -0.1) is 0 Å². The number of ether oxygens (including phenoxy) is 3. The Kier molecular flexibility index (Phi) is 5.35. The second kappa shape index (κ2) is 6.53. The van der Waals surface area contributed by atoms with Crippen molar-refractivity contribution in [3.05, 3.63) is 0 Å². The predicted octanol–water partition coefficient (Wildman–Crippen LogP) is 2.83. The van der Waals surface area contributed by atoms with Gasteiger partial charge in [0.05, 0.1) is 24.4 Å². The predicted molar refractivity (Wildman–Crippen MR) is 81.9 cm³/mol. The van der Waals surface area contributed by atoms with E-state index in [9.17, 15) is 5.11 Å². The fraction of sp³-hybridized carbons (Fsp3) is 1.00. The van der Waals surface area contributed by atoms with E-state index in [4.69, 9.17) is 14.2 Å². The van der Waals surface area contributed by atoms with E-state index < -0.39 is 12.4 Å². The van der Waals surface area contributed by atoms with Crippen molar-refractivity contribution in [2.45, 2.75) is 85.3 Å². The summed E-state index contributed by atoms with van der Waals surface area (Å²) in [4.78, 5) is 0. The highest BCUT2D eigenvalue weighted by Crippen LogP contribution is 2.36. The molecule has 4 heteroatoms. The molecule has 0 amide bonds. The first-order valence-electron chi connectivity index (χ1n) is 8.38. The Morgan fingerprint density at radius 2 is 1.19 bits per heavy atom. The standard InChI is InChI=1S/C17H32O4/c1-8-10(3)15(18)17(20-13(8)6)21-16-11(4)9(2)12(5)19-14(16)7/h8-18H,1-7H3/t8-,9-,10+,11+,12?,13?,14+,15?,16?,17+/m1/s1. The lowest BCUT2D eigenvalue weighted by molar-refractivity contribution is -0.308. The van der Waals surface area contributed by atoms with Gasteiger partial charge in [-0.1, -0.05) is 27.7 Å². The maximum atomic E-state index is 10.5. The van der Waals surface area contributed by atoms with Crippen molar-refractivity contribution in [3.8, 4) is 0 Å². The summed E-state index contributed by atoms with van der Waals surface area (Å²) < 4.78 is 18.1. The van der Waals surface area contributed by atoms with Crippen LogP contribution in [0.2, 0.25) is 0 Å². The lowest BCUT2D eigenvalue weighted by atomic mass is 9.81. The molecule has 2 heterocycles. The Hall–Kier alpha value is -0.160. The van der Waals surface area contributed by atoms with Gasteiger partial charge in [0.25, 0.3) is 0 Å². The van der Waals surface area contributed by atoms with E-state index in [1.165, 1.54) is 0 Å². The van der Waals surface area contributed by atoms with E-state index in [2.05, 4.69) is 41.5 Å². The van der Waals surface area contributed by atoms with Crippen LogP contribution in [0.15, 0.2) is 0 Å². The molecule has 4 unspecified atom stereocenters. The number of rotatable bonds is 2. The van der Waals surface area contributed by atoms with Crippen molar-refractivity contribution < 1.29 is 19.3 Å². The summed E-state index contributed by atoms with van der Waals surface area (Å²) in [6.07, 6.45) is -0.809. The molecule has 1 N–H and O–H groups in total. The molecule has 2 fully saturated rings. The Balaban J connectivity index is 2.06. The molecule has 2 aliphatic heterocycles. The van der Waals surface area contributed by atoms with Crippen LogP contribution in [-0.4, -0.2) is 41.9 Å². The molecule has 0 aromatic rings. The zero-order valence-electron chi connectivity index (χ0n) is 14.4. The van der Waals surface area contributed by atoms with Crippen LogP contribution in [0.25, 0.3) is 0 Å². The summed E-state index contributed by atoms with van der Waals surface area (Å²) in [7, 11) is 0. The smallest absolute Gasteiger partial charge is 0.184 e. The zero-order valence-corrected chi connectivity index (χ0v) is 14.4. The summed E-state index contributed by atoms with van der Waals surface area (Å²) in [5, 5.41) is 10.5. The SMILES string of the molecule is CC1O[C@@H](OC2[C@H](C)OC(C)[C@H](C)[C@@H]2C)C(O)[C@@H](C)[C@H]1C. The van der Waals surface area contributed by atoms with Crippen LogP contribution in [0.4, 0.5) is 0 Å². The molecule has 2 saturated heterocycles. The van der Waals surface area contributed by atoms with Gasteiger partial charge in [0, 0.05) is 0 Å². The van der Waals surface area contributed by atoms with Gasteiger partial charge in [0.15, 0.2) is 6.29 Å². The third-order valence-corrected chi connectivity index (χ3v) is 6.01. The molecule has 0 aromatic carbocycles. The molecule has 2 aliphatic rings. The van der Waals surface area contributed by atoms with Crippen molar-refractivity contribution in [1.29, 1.82) is 0 Å². The lowest BCUT2D eigenvalue weighted by Crippen LogP contribution is -2.55. The molecule has 124 valence electrons. The summed E-state index contributed by atoms with van der Waals surface area (Å²) in [6, 6.07) is 0. The minimum atomic E-state index is -0.578. The van der Waals surface area contributed by atoms with Gasteiger partial charge in [-0.25, -0.2) is 0 Å². The molecule has 2 rings (SSSR count). The van der Waals surface area contributed by atoms with Crippen molar-refractivity contribution >= 4 is 0 Å². The average molecular weight is 300 g/mol. The van der Waals surface area contributed by atoms with Crippen molar-refractivity contribution in [2.24, 2.45) is 23.7 Å². The van der Waals surface area contributed by atoms with Crippen molar-refractivity contribution in [1.82, 2.24) is 0 Å². The molecular weight excluding hydrogens is 268 g/mol. The quantitative estimate of drug-likeness (QED) is 0.852. The van der Waals surface area contributed by atoms with Crippen LogP contribution in [0.5, 0.6) is 0 Å². The average Bonchev–Trinajstić information content (AvgIpc) is 2.44. The van der Waals surface area contributed by atoms with Gasteiger partial charge < -0.3 is 19.3 Å². The van der Waals surface area contributed by atoms with Gasteiger partial charge in [0.1, 0.15) is 6.10 Å². The molecule has 21 heavy (non-hydrogen) atoms. The third kappa shape index (κ3) is 3.29. The summed E-state index contributed by atoms with van der Waals surface area (Å²) in [5.41, 5.74) is 0. The zero-order chi connectivity index (χ0) is 15.9. The second-order valence-corrected chi connectivity index (χ2v) is 7.28. The molecular formula is C17H32O4. The molecule has 0 bridgehead atoms. The van der Waals surface area contributed by atoms with Gasteiger partial charge in [0.2, 0.25) is 0 Å². The summed E-state index contributed by atoms with van der Waals surface area (Å²) >= 11 is 0. The molecule has 4 nitrogen and oxygen atoms in total. The van der Waals surface area contributed by atoms with E-state index in [1.807, 2.05) is 6.92 Å². The highest BCUT2D eigenvalue weighted by atomic mass is 16.7. The fourth-order valence-electron chi connectivity index (χ4n) is 3.60. The number of aliphatic hydroxyl groups is 1. The monoisotopic (exact) mass is 300 g/mol. The van der Waals surface area contributed by atoms with Gasteiger partial charge in [-0.2, -0.15) is 0 Å². The van der Waals surface area contributed by atoms with Crippen LogP contribution in [0, 0.1) is 23.7 Å². The number of hydrogen-bond acceptors (Lipinski definition) is 4. The first kappa shape index (κ1) is 17.2.